The smallest absolute Gasteiger partial charge is 0.145 e. The number of nitrogen functional groups attached to an aromatic ring is 1. The standard InChI is InChI=1S/C15H18FN5/c1-9(2)15-18-13(20-17)8-14(19-15)21-6-5-10-3-4-11(16)7-12(10)21/h3-4,7-9H,5-6,17H2,1-2H3,(H,18,19,20). The van der Waals surface area contributed by atoms with Gasteiger partial charge in [-0.25, -0.2) is 20.2 Å². The number of benzene rings is 1. The minimum atomic E-state index is -0.240. The van der Waals surface area contributed by atoms with Gasteiger partial charge in [-0.1, -0.05) is 19.9 Å². The molecule has 1 aromatic heterocycles. The molecule has 2 aromatic rings. The number of anilines is 3. The Labute approximate surface area is 123 Å². The fourth-order valence-electron chi connectivity index (χ4n) is 2.51. The highest BCUT2D eigenvalue weighted by molar-refractivity contribution is 5.69. The molecule has 0 atom stereocenters. The van der Waals surface area contributed by atoms with Crippen molar-refractivity contribution in [2.75, 3.05) is 16.9 Å². The maximum atomic E-state index is 13.5. The third kappa shape index (κ3) is 2.54. The summed E-state index contributed by atoms with van der Waals surface area (Å²) in [6, 6.07) is 6.66. The number of hydrogen-bond acceptors (Lipinski definition) is 5. The van der Waals surface area contributed by atoms with Crippen LogP contribution in [0.3, 0.4) is 0 Å². The molecule has 3 N–H and O–H groups in total. The zero-order chi connectivity index (χ0) is 15.0. The van der Waals surface area contributed by atoms with E-state index in [2.05, 4.69) is 15.4 Å². The Morgan fingerprint density at radius 1 is 1.29 bits per heavy atom. The Hall–Kier alpha value is -2.21. The largest absolute Gasteiger partial charge is 0.326 e. The molecular formula is C15H18FN5. The van der Waals surface area contributed by atoms with E-state index in [0.29, 0.717) is 11.6 Å². The van der Waals surface area contributed by atoms with E-state index < -0.39 is 0 Å². The van der Waals surface area contributed by atoms with Crippen LogP contribution < -0.4 is 16.2 Å². The predicted molar refractivity (Wildman–Crippen MR) is 81.0 cm³/mol. The molecule has 1 aliphatic heterocycles. The number of nitrogens with zero attached hydrogens (tertiary/aromatic N) is 3. The van der Waals surface area contributed by atoms with Gasteiger partial charge >= 0.3 is 0 Å². The third-order valence-electron chi connectivity index (χ3n) is 3.61. The van der Waals surface area contributed by atoms with Gasteiger partial charge in [0.2, 0.25) is 0 Å². The van der Waals surface area contributed by atoms with Gasteiger partial charge in [-0.15, -0.1) is 0 Å². The van der Waals surface area contributed by atoms with Crippen LogP contribution in [0.5, 0.6) is 0 Å². The number of hydrogen-bond donors (Lipinski definition) is 2. The zero-order valence-corrected chi connectivity index (χ0v) is 12.1. The molecule has 1 aromatic carbocycles. The molecule has 0 spiro atoms. The Bertz CT molecular complexity index is 671. The minimum Gasteiger partial charge on any atom is -0.326 e. The minimum absolute atomic E-state index is 0.187. The first kappa shape index (κ1) is 13.8. The summed E-state index contributed by atoms with van der Waals surface area (Å²) in [6.07, 6.45) is 0.877. The van der Waals surface area contributed by atoms with Gasteiger partial charge in [0.15, 0.2) is 0 Å². The topological polar surface area (TPSA) is 67.1 Å². The Morgan fingerprint density at radius 3 is 2.81 bits per heavy atom. The lowest BCUT2D eigenvalue weighted by Gasteiger charge is -2.20. The lowest BCUT2D eigenvalue weighted by atomic mass is 10.2. The van der Waals surface area contributed by atoms with Crippen molar-refractivity contribution >= 4 is 17.3 Å². The molecule has 0 saturated carbocycles. The van der Waals surface area contributed by atoms with Crippen LogP contribution in [-0.2, 0) is 6.42 Å². The maximum Gasteiger partial charge on any atom is 0.145 e. The van der Waals surface area contributed by atoms with Crippen molar-refractivity contribution in [2.24, 2.45) is 5.84 Å². The van der Waals surface area contributed by atoms with Crippen LogP contribution in [0.4, 0.5) is 21.7 Å². The summed E-state index contributed by atoms with van der Waals surface area (Å²) in [7, 11) is 0. The lowest BCUT2D eigenvalue weighted by molar-refractivity contribution is 0.628. The molecule has 21 heavy (non-hydrogen) atoms. The Morgan fingerprint density at radius 2 is 2.10 bits per heavy atom. The van der Waals surface area contributed by atoms with Gasteiger partial charge in [0.25, 0.3) is 0 Å². The van der Waals surface area contributed by atoms with E-state index in [-0.39, 0.29) is 11.7 Å². The van der Waals surface area contributed by atoms with Crippen LogP contribution >= 0.6 is 0 Å². The maximum absolute atomic E-state index is 13.5. The van der Waals surface area contributed by atoms with Gasteiger partial charge in [-0.2, -0.15) is 0 Å². The Balaban J connectivity index is 2.06. The highest BCUT2D eigenvalue weighted by atomic mass is 19.1. The summed E-state index contributed by atoms with van der Waals surface area (Å²) in [5.41, 5.74) is 4.56. The fourth-order valence-corrected chi connectivity index (χ4v) is 2.51. The Kier molecular flexibility index (Phi) is 3.47. The van der Waals surface area contributed by atoms with Crippen LogP contribution in [0.25, 0.3) is 0 Å². The van der Waals surface area contributed by atoms with Crippen LogP contribution in [0.2, 0.25) is 0 Å². The number of rotatable bonds is 3. The highest BCUT2D eigenvalue weighted by Crippen LogP contribution is 2.35. The van der Waals surface area contributed by atoms with Gasteiger partial charge in [-0.05, 0) is 24.1 Å². The van der Waals surface area contributed by atoms with Crippen molar-refractivity contribution < 1.29 is 4.39 Å². The molecule has 2 heterocycles. The summed E-state index contributed by atoms with van der Waals surface area (Å²) >= 11 is 0. The molecule has 5 nitrogen and oxygen atoms in total. The molecule has 1 aliphatic rings. The molecule has 110 valence electrons. The van der Waals surface area contributed by atoms with Crippen LogP contribution in [0.1, 0.15) is 31.2 Å². The summed E-state index contributed by atoms with van der Waals surface area (Å²) in [6.45, 7) is 4.82. The molecule has 0 radical (unpaired) electrons. The van der Waals surface area contributed by atoms with E-state index in [1.54, 1.807) is 12.1 Å². The molecule has 0 saturated heterocycles. The van der Waals surface area contributed by atoms with Crippen molar-refractivity contribution in [3.63, 3.8) is 0 Å². The van der Waals surface area contributed by atoms with E-state index in [1.807, 2.05) is 24.8 Å². The fraction of sp³-hybridized carbons (Fsp3) is 0.333. The van der Waals surface area contributed by atoms with E-state index in [9.17, 15) is 4.39 Å². The molecule has 0 aliphatic carbocycles. The van der Waals surface area contributed by atoms with Gasteiger partial charge in [0, 0.05) is 24.2 Å². The molecule has 0 amide bonds. The predicted octanol–water partition coefficient (Wildman–Crippen LogP) is 2.72. The summed E-state index contributed by atoms with van der Waals surface area (Å²) in [5, 5.41) is 0. The summed E-state index contributed by atoms with van der Waals surface area (Å²) in [5.74, 6) is 7.45. The first-order chi connectivity index (χ1) is 10.1. The van der Waals surface area contributed by atoms with E-state index in [0.717, 1.165) is 30.0 Å². The molecular weight excluding hydrogens is 269 g/mol. The van der Waals surface area contributed by atoms with Crippen LogP contribution in [0, 0.1) is 5.82 Å². The number of nitrogens with two attached hydrogens (primary N) is 1. The first-order valence-corrected chi connectivity index (χ1v) is 7.00. The SMILES string of the molecule is CC(C)c1nc(NN)cc(N2CCc3ccc(F)cc32)n1. The number of fused-ring (bicyclic) bond motifs is 1. The van der Waals surface area contributed by atoms with Crippen molar-refractivity contribution in [1.82, 2.24) is 9.97 Å². The number of halogens is 1. The van der Waals surface area contributed by atoms with Crippen molar-refractivity contribution in [3.8, 4) is 0 Å². The molecule has 0 fully saturated rings. The van der Waals surface area contributed by atoms with E-state index >= 15 is 0 Å². The van der Waals surface area contributed by atoms with Crippen molar-refractivity contribution in [2.45, 2.75) is 26.2 Å². The summed E-state index contributed by atoms with van der Waals surface area (Å²) in [4.78, 5) is 10.9. The summed E-state index contributed by atoms with van der Waals surface area (Å²) < 4.78 is 13.5. The van der Waals surface area contributed by atoms with Gasteiger partial charge in [-0.3, -0.25) is 0 Å². The number of aromatic nitrogens is 2. The molecule has 0 bridgehead atoms. The normalized spacial score (nSPS) is 13.7. The molecule has 0 unspecified atom stereocenters. The lowest BCUT2D eigenvalue weighted by Crippen LogP contribution is -2.18. The third-order valence-corrected chi connectivity index (χ3v) is 3.61. The van der Waals surface area contributed by atoms with Gasteiger partial charge < -0.3 is 10.3 Å². The van der Waals surface area contributed by atoms with Crippen LogP contribution in [0.15, 0.2) is 24.3 Å². The van der Waals surface area contributed by atoms with E-state index in [4.69, 9.17) is 5.84 Å². The zero-order valence-electron chi connectivity index (χ0n) is 12.1. The average molecular weight is 287 g/mol. The van der Waals surface area contributed by atoms with Gasteiger partial charge in [0.05, 0.1) is 0 Å². The number of hydrazine groups is 1. The van der Waals surface area contributed by atoms with Crippen molar-refractivity contribution in [3.05, 3.63) is 41.5 Å². The second-order valence-electron chi connectivity index (χ2n) is 5.44. The highest BCUT2D eigenvalue weighted by Gasteiger charge is 2.23. The van der Waals surface area contributed by atoms with E-state index in [1.165, 1.54) is 6.07 Å². The van der Waals surface area contributed by atoms with Crippen molar-refractivity contribution in [1.29, 1.82) is 0 Å². The number of nitrogens with one attached hydrogen (secondary N) is 1. The quantitative estimate of drug-likeness (QED) is 0.671. The second-order valence-corrected chi connectivity index (χ2v) is 5.44. The average Bonchev–Trinajstić information content (AvgIpc) is 2.89. The van der Waals surface area contributed by atoms with Gasteiger partial charge in [0.1, 0.15) is 23.3 Å². The monoisotopic (exact) mass is 287 g/mol. The second kappa shape index (κ2) is 5.29. The molecule has 6 heteroatoms. The first-order valence-electron chi connectivity index (χ1n) is 7.00. The van der Waals surface area contributed by atoms with Crippen LogP contribution in [-0.4, -0.2) is 16.5 Å². The molecule has 3 rings (SSSR count).